The van der Waals surface area contributed by atoms with Gasteiger partial charge in [0.25, 0.3) is 5.91 Å². The van der Waals surface area contributed by atoms with Crippen LogP contribution in [0.3, 0.4) is 0 Å². The van der Waals surface area contributed by atoms with Gasteiger partial charge in [0.1, 0.15) is 0 Å². The Morgan fingerprint density at radius 3 is 2.58 bits per heavy atom. The first kappa shape index (κ1) is 21.5. The van der Waals surface area contributed by atoms with Crippen LogP contribution in [0.5, 0.6) is 0 Å². The molecule has 1 N–H and O–H groups in total. The summed E-state index contributed by atoms with van der Waals surface area (Å²) in [5.74, 6) is 0.126. The minimum atomic E-state index is -0.133. The Labute approximate surface area is 190 Å². The summed E-state index contributed by atoms with van der Waals surface area (Å²) < 4.78 is 0. The molecule has 0 radical (unpaired) electrons. The third-order valence-corrected chi connectivity index (χ3v) is 6.84. The number of thioether (sulfide) groups is 1. The maximum absolute atomic E-state index is 12.4. The maximum atomic E-state index is 12.4. The summed E-state index contributed by atoms with van der Waals surface area (Å²) in [5, 5.41) is 6.09. The lowest BCUT2D eigenvalue weighted by Crippen LogP contribution is -2.27. The van der Waals surface area contributed by atoms with Crippen molar-refractivity contribution in [2.24, 2.45) is 0 Å². The van der Waals surface area contributed by atoms with Gasteiger partial charge in [-0.3, -0.25) is 9.59 Å². The second-order valence-corrected chi connectivity index (χ2v) is 9.16. The molecule has 3 heterocycles. The zero-order valence-corrected chi connectivity index (χ0v) is 19.0. The van der Waals surface area contributed by atoms with Crippen molar-refractivity contribution in [3.8, 4) is 11.3 Å². The molecule has 3 aromatic rings. The summed E-state index contributed by atoms with van der Waals surface area (Å²) >= 11 is 2.75. The van der Waals surface area contributed by atoms with Crippen LogP contribution >= 0.6 is 23.1 Å². The van der Waals surface area contributed by atoms with Crippen LogP contribution in [0.2, 0.25) is 0 Å². The van der Waals surface area contributed by atoms with Gasteiger partial charge in [-0.15, -0.1) is 11.3 Å². The molecule has 0 aliphatic carbocycles. The second-order valence-electron chi connectivity index (χ2n) is 7.31. The van der Waals surface area contributed by atoms with Gasteiger partial charge in [-0.05, 0) is 37.0 Å². The minimum absolute atomic E-state index is 0.0307. The van der Waals surface area contributed by atoms with E-state index >= 15 is 0 Å². The largest absolute Gasteiger partial charge is 0.339 e. The van der Waals surface area contributed by atoms with E-state index in [9.17, 15) is 9.59 Å². The van der Waals surface area contributed by atoms with Crippen LogP contribution in [0.15, 0.2) is 53.0 Å². The molecule has 0 saturated carbocycles. The van der Waals surface area contributed by atoms with Crippen LogP contribution in [-0.4, -0.2) is 45.5 Å². The predicted molar refractivity (Wildman–Crippen MR) is 126 cm³/mol. The van der Waals surface area contributed by atoms with Crippen molar-refractivity contribution in [1.29, 1.82) is 0 Å². The number of hydrogen-bond donors (Lipinski definition) is 1. The number of carbonyl (C=O) groups excluding carboxylic acids is 2. The number of nitrogens with one attached hydrogen (secondary N) is 1. The lowest BCUT2D eigenvalue weighted by molar-refractivity contribution is -0.113. The number of rotatable bonds is 7. The number of aryl methyl sites for hydroxylation is 1. The molecule has 1 aliphatic rings. The van der Waals surface area contributed by atoms with Gasteiger partial charge in [0.2, 0.25) is 5.91 Å². The Balaban J connectivity index is 1.28. The van der Waals surface area contributed by atoms with Crippen LogP contribution in [0, 0.1) is 0 Å². The molecule has 31 heavy (non-hydrogen) atoms. The van der Waals surface area contributed by atoms with E-state index in [-0.39, 0.29) is 17.6 Å². The normalized spacial score (nSPS) is 13.4. The number of amides is 2. The SMILES string of the molecule is CCc1ccc(-c2csc(NC(=O)CSc3ccc(C(=O)N4CCCC4)cn3)n2)cc1. The summed E-state index contributed by atoms with van der Waals surface area (Å²) in [6, 6.07) is 11.9. The van der Waals surface area contributed by atoms with E-state index in [0.29, 0.717) is 15.7 Å². The van der Waals surface area contributed by atoms with Crippen LogP contribution in [0.25, 0.3) is 11.3 Å². The smallest absolute Gasteiger partial charge is 0.255 e. The van der Waals surface area contributed by atoms with E-state index < -0.39 is 0 Å². The van der Waals surface area contributed by atoms with Crippen LogP contribution in [0.1, 0.15) is 35.7 Å². The molecule has 4 rings (SSSR count). The standard InChI is InChI=1S/C23H24N4O2S2/c1-2-16-5-7-17(8-6-16)19-14-31-23(25-19)26-20(28)15-30-21-10-9-18(13-24-21)22(29)27-11-3-4-12-27/h5-10,13-14H,2-4,11-12,15H2,1H3,(H,25,26,28). The summed E-state index contributed by atoms with van der Waals surface area (Å²) in [4.78, 5) is 35.4. The van der Waals surface area contributed by atoms with Gasteiger partial charge in [-0.1, -0.05) is 43.0 Å². The number of thiazole rings is 1. The molecule has 0 atom stereocenters. The first-order valence-corrected chi connectivity index (χ1v) is 12.2. The van der Waals surface area contributed by atoms with Gasteiger partial charge < -0.3 is 10.2 Å². The summed E-state index contributed by atoms with van der Waals surface area (Å²) in [5.41, 5.74) is 3.77. The van der Waals surface area contributed by atoms with Crippen LogP contribution < -0.4 is 5.32 Å². The van der Waals surface area contributed by atoms with Gasteiger partial charge in [-0.2, -0.15) is 0 Å². The molecule has 1 saturated heterocycles. The molecule has 0 unspecified atom stereocenters. The number of pyridine rings is 1. The van der Waals surface area contributed by atoms with E-state index in [2.05, 4.69) is 46.5 Å². The van der Waals surface area contributed by atoms with Crippen molar-refractivity contribution >= 4 is 40.0 Å². The molecular formula is C23H24N4O2S2. The number of carbonyl (C=O) groups is 2. The Hall–Kier alpha value is -2.71. The fraction of sp³-hybridized carbons (Fsp3) is 0.304. The molecule has 160 valence electrons. The van der Waals surface area contributed by atoms with Crippen LogP contribution in [0.4, 0.5) is 5.13 Å². The molecule has 1 aliphatic heterocycles. The minimum Gasteiger partial charge on any atom is -0.339 e. The topological polar surface area (TPSA) is 75.2 Å². The molecule has 8 heteroatoms. The Morgan fingerprint density at radius 2 is 1.90 bits per heavy atom. The molecule has 2 amide bonds. The summed E-state index contributed by atoms with van der Waals surface area (Å²) in [6.45, 7) is 3.76. The number of anilines is 1. The molecule has 6 nitrogen and oxygen atoms in total. The van der Waals surface area contributed by atoms with Gasteiger partial charge in [0, 0.05) is 30.2 Å². The average Bonchev–Trinajstić information content (AvgIpc) is 3.50. The number of hydrogen-bond acceptors (Lipinski definition) is 6. The lowest BCUT2D eigenvalue weighted by atomic mass is 10.1. The van der Waals surface area contributed by atoms with Gasteiger partial charge in [-0.25, -0.2) is 9.97 Å². The average molecular weight is 453 g/mol. The first-order valence-electron chi connectivity index (χ1n) is 10.3. The fourth-order valence-electron chi connectivity index (χ4n) is 3.36. The number of nitrogens with zero attached hydrogens (tertiary/aromatic N) is 3. The van der Waals surface area contributed by atoms with Gasteiger partial charge >= 0.3 is 0 Å². The molecule has 0 bridgehead atoms. The summed E-state index contributed by atoms with van der Waals surface area (Å²) in [6.07, 6.45) is 4.72. The van der Waals surface area contributed by atoms with Crippen molar-refractivity contribution in [2.45, 2.75) is 31.2 Å². The number of likely N-dealkylation sites (tertiary alicyclic amines) is 1. The monoisotopic (exact) mass is 452 g/mol. The third-order valence-electron chi connectivity index (χ3n) is 5.14. The predicted octanol–water partition coefficient (Wildman–Crippen LogP) is 4.73. The van der Waals surface area contributed by atoms with Gasteiger partial charge in [0.15, 0.2) is 5.13 Å². The first-order chi connectivity index (χ1) is 15.1. The maximum Gasteiger partial charge on any atom is 0.255 e. The van der Waals surface area contributed by atoms with Crippen molar-refractivity contribution in [3.05, 3.63) is 59.1 Å². The summed E-state index contributed by atoms with van der Waals surface area (Å²) in [7, 11) is 0. The Bertz CT molecular complexity index is 1040. The quantitative estimate of drug-likeness (QED) is 0.524. The highest BCUT2D eigenvalue weighted by molar-refractivity contribution is 7.99. The van der Waals surface area contributed by atoms with Crippen molar-refractivity contribution < 1.29 is 9.59 Å². The van der Waals surface area contributed by atoms with Crippen molar-refractivity contribution in [3.63, 3.8) is 0 Å². The van der Waals surface area contributed by atoms with E-state index in [0.717, 1.165) is 43.6 Å². The van der Waals surface area contributed by atoms with Gasteiger partial charge in [0.05, 0.1) is 22.0 Å². The zero-order valence-electron chi connectivity index (χ0n) is 17.3. The molecular weight excluding hydrogens is 428 g/mol. The molecule has 1 aromatic carbocycles. The van der Waals surface area contributed by atoms with Crippen molar-refractivity contribution in [1.82, 2.24) is 14.9 Å². The zero-order chi connectivity index (χ0) is 21.6. The lowest BCUT2D eigenvalue weighted by Gasteiger charge is -2.14. The molecule has 0 spiro atoms. The number of aromatic nitrogens is 2. The van der Waals surface area contributed by atoms with E-state index in [1.54, 1.807) is 18.3 Å². The third kappa shape index (κ3) is 5.51. The highest BCUT2D eigenvalue weighted by Gasteiger charge is 2.19. The van der Waals surface area contributed by atoms with Crippen LogP contribution in [-0.2, 0) is 11.2 Å². The number of benzene rings is 1. The second kappa shape index (κ2) is 10.1. The Morgan fingerprint density at radius 1 is 1.13 bits per heavy atom. The fourth-order valence-corrected chi connectivity index (χ4v) is 4.74. The highest BCUT2D eigenvalue weighted by atomic mass is 32.2. The van der Waals surface area contributed by atoms with E-state index in [4.69, 9.17) is 0 Å². The molecule has 1 fully saturated rings. The van der Waals surface area contributed by atoms with E-state index in [1.807, 2.05) is 10.3 Å². The van der Waals surface area contributed by atoms with E-state index in [1.165, 1.54) is 28.7 Å². The Kier molecular flexibility index (Phi) is 6.99. The molecule has 2 aromatic heterocycles. The van der Waals surface area contributed by atoms with Crippen molar-refractivity contribution in [2.75, 3.05) is 24.2 Å². The highest BCUT2D eigenvalue weighted by Crippen LogP contribution is 2.26.